The van der Waals surface area contributed by atoms with E-state index in [1.165, 1.54) is 81.1 Å². The van der Waals surface area contributed by atoms with Crippen molar-refractivity contribution in [3.8, 4) is 11.5 Å². The molecule has 1 amide bonds. The van der Waals surface area contributed by atoms with Crippen LogP contribution in [0, 0.1) is 6.92 Å². The minimum Gasteiger partial charge on any atom is -1.00 e. The van der Waals surface area contributed by atoms with Crippen molar-refractivity contribution >= 4 is 22.9 Å². The summed E-state index contributed by atoms with van der Waals surface area (Å²) in [4.78, 5) is 14.1. The Balaban J connectivity index is 0.00000560. The SMILES string of the molecule is CCCCCCCCCCCCCCOc1ccc(C(=O)Nc2ccc(C[n+]3csc(C)c3)cc2)cc1OC.[Br-]. The lowest BCUT2D eigenvalue weighted by Crippen LogP contribution is -3.00. The van der Waals surface area contributed by atoms with Crippen LogP contribution in [0.5, 0.6) is 11.5 Å². The standard InChI is InChI=1S/C33H46N2O3S.BrH/c1-4-5-6-7-8-9-10-11-12-13-14-15-22-38-31-21-18-29(23-32(31)37-3)33(36)34-30-19-16-28(17-20-30)25-35-24-27(2)39-26-35;/h16-21,23-24,26H,4-15,22,25H2,1-3H3;1H. The summed E-state index contributed by atoms with van der Waals surface area (Å²) < 4.78 is 13.7. The molecular weight excluding hydrogens is 584 g/mol. The Bertz CT molecular complexity index is 1120. The van der Waals surface area contributed by atoms with Crippen molar-refractivity contribution in [3.05, 3.63) is 70.2 Å². The molecule has 0 aliphatic carbocycles. The fraction of sp³-hybridized carbons (Fsp3) is 0.515. The van der Waals surface area contributed by atoms with Gasteiger partial charge in [0.2, 0.25) is 5.51 Å². The third-order valence-corrected chi connectivity index (χ3v) is 7.83. The van der Waals surface area contributed by atoms with Crippen LogP contribution in [0.25, 0.3) is 0 Å². The van der Waals surface area contributed by atoms with Crippen molar-refractivity contribution in [1.82, 2.24) is 0 Å². The number of nitrogens with zero attached hydrogens (tertiary/aromatic N) is 1. The van der Waals surface area contributed by atoms with E-state index >= 15 is 0 Å². The summed E-state index contributed by atoms with van der Waals surface area (Å²) in [5, 5.41) is 2.98. The number of carbonyl (C=O) groups excluding carboxylic acids is 1. The highest BCUT2D eigenvalue weighted by Gasteiger charge is 2.12. The largest absolute Gasteiger partial charge is 1.00 e. The van der Waals surface area contributed by atoms with Gasteiger partial charge in [0.15, 0.2) is 24.2 Å². The number of nitrogens with one attached hydrogen (secondary N) is 1. The maximum atomic E-state index is 12.8. The van der Waals surface area contributed by atoms with Crippen LogP contribution in [0.4, 0.5) is 5.69 Å². The smallest absolute Gasteiger partial charge is 0.255 e. The second kappa shape index (κ2) is 19.7. The van der Waals surface area contributed by atoms with Crippen molar-refractivity contribution in [3.63, 3.8) is 0 Å². The van der Waals surface area contributed by atoms with Crippen molar-refractivity contribution in [2.24, 2.45) is 0 Å². The quantitative estimate of drug-likeness (QED) is 0.136. The maximum Gasteiger partial charge on any atom is 0.255 e. The van der Waals surface area contributed by atoms with E-state index in [2.05, 4.69) is 35.4 Å². The molecule has 5 nitrogen and oxygen atoms in total. The molecule has 0 spiro atoms. The van der Waals surface area contributed by atoms with Crippen LogP contribution in [0.1, 0.15) is 105 Å². The number of aryl methyl sites for hydroxylation is 1. The summed E-state index contributed by atoms with van der Waals surface area (Å²) in [7, 11) is 1.61. The minimum absolute atomic E-state index is 0. The molecule has 0 unspecified atom stereocenters. The molecule has 1 N–H and O–H groups in total. The summed E-state index contributed by atoms with van der Waals surface area (Å²) in [6.45, 7) is 5.85. The number of halogens is 1. The average Bonchev–Trinajstić information content (AvgIpc) is 3.36. The van der Waals surface area contributed by atoms with Gasteiger partial charge in [-0.2, -0.15) is 4.57 Å². The monoisotopic (exact) mass is 630 g/mol. The zero-order valence-corrected chi connectivity index (χ0v) is 27.0. The molecule has 0 bridgehead atoms. The fourth-order valence-corrected chi connectivity index (χ4v) is 5.32. The van der Waals surface area contributed by atoms with E-state index in [0.29, 0.717) is 23.7 Å². The van der Waals surface area contributed by atoms with Gasteiger partial charge in [-0.05, 0) is 43.7 Å². The Morgan fingerprint density at radius 2 is 1.48 bits per heavy atom. The van der Waals surface area contributed by atoms with E-state index in [1.54, 1.807) is 30.6 Å². The highest BCUT2D eigenvalue weighted by atomic mass is 79.9. The van der Waals surface area contributed by atoms with Gasteiger partial charge >= 0.3 is 0 Å². The number of benzene rings is 2. The van der Waals surface area contributed by atoms with Gasteiger partial charge in [-0.25, -0.2) is 0 Å². The number of methoxy groups -OCH3 is 1. The molecule has 3 rings (SSSR count). The van der Waals surface area contributed by atoms with Gasteiger partial charge in [0.1, 0.15) is 0 Å². The van der Waals surface area contributed by atoms with Crippen LogP contribution >= 0.6 is 11.3 Å². The summed E-state index contributed by atoms with van der Waals surface area (Å²) >= 11 is 1.74. The van der Waals surface area contributed by atoms with Gasteiger partial charge in [0.25, 0.3) is 5.91 Å². The lowest BCUT2D eigenvalue weighted by Gasteiger charge is -2.12. The van der Waals surface area contributed by atoms with E-state index in [1.807, 2.05) is 30.3 Å². The van der Waals surface area contributed by atoms with Crippen LogP contribution in [0.15, 0.2) is 54.2 Å². The zero-order valence-electron chi connectivity index (χ0n) is 24.6. The summed E-state index contributed by atoms with van der Waals surface area (Å²) in [5.41, 5.74) is 4.61. The summed E-state index contributed by atoms with van der Waals surface area (Å²) in [5.74, 6) is 1.10. The summed E-state index contributed by atoms with van der Waals surface area (Å²) in [6.07, 6.45) is 18.0. The first-order valence-electron chi connectivity index (χ1n) is 14.7. The molecule has 1 heterocycles. The number of anilines is 1. The number of hydrogen-bond acceptors (Lipinski definition) is 4. The Hall–Kier alpha value is -2.38. The number of carbonyl (C=O) groups is 1. The van der Waals surface area contributed by atoms with Crippen molar-refractivity contribution in [2.75, 3.05) is 19.0 Å². The van der Waals surface area contributed by atoms with Gasteiger partial charge in [0, 0.05) is 16.8 Å². The molecule has 0 fully saturated rings. The van der Waals surface area contributed by atoms with Crippen molar-refractivity contribution in [2.45, 2.75) is 97.4 Å². The number of rotatable bonds is 19. The summed E-state index contributed by atoms with van der Waals surface area (Å²) in [6, 6.07) is 13.3. The Labute approximate surface area is 256 Å². The predicted molar refractivity (Wildman–Crippen MR) is 162 cm³/mol. The molecule has 0 radical (unpaired) electrons. The third-order valence-electron chi connectivity index (χ3n) is 6.98. The van der Waals surface area contributed by atoms with Gasteiger partial charge in [-0.3, -0.25) is 4.79 Å². The number of ether oxygens (including phenoxy) is 2. The Morgan fingerprint density at radius 1 is 0.850 bits per heavy atom. The predicted octanol–water partition coefficient (Wildman–Crippen LogP) is 5.74. The van der Waals surface area contributed by atoms with E-state index in [-0.39, 0.29) is 22.9 Å². The maximum absolute atomic E-state index is 12.8. The van der Waals surface area contributed by atoms with Crippen molar-refractivity contribution < 1.29 is 35.8 Å². The molecule has 1 aromatic heterocycles. The van der Waals surface area contributed by atoms with E-state index in [9.17, 15) is 4.79 Å². The lowest BCUT2D eigenvalue weighted by atomic mass is 10.1. The molecule has 0 aliphatic rings. The second-order valence-electron chi connectivity index (χ2n) is 10.4. The molecule has 0 saturated heterocycles. The van der Waals surface area contributed by atoms with Gasteiger partial charge < -0.3 is 31.8 Å². The Morgan fingerprint density at radius 3 is 2.05 bits per heavy atom. The molecule has 220 valence electrons. The molecule has 3 aromatic rings. The minimum atomic E-state index is -0.170. The molecule has 0 aliphatic heterocycles. The first kappa shape index (κ1) is 33.8. The number of amides is 1. The van der Waals surface area contributed by atoms with Gasteiger partial charge in [-0.1, -0.05) is 101 Å². The van der Waals surface area contributed by atoms with E-state index in [0.717, 1.165) is 18.7 Å². The van der Waals surface area contributed by atoms with Crippen LogP contribution in [-0.4, -0.2) is 19.6 Å². The average molecular weight is 632 g/mol. The van der Waals surface area contributed by atoms with Crippen LogP contribution in [0.3, 0.4) is 0 Å². The van der Waals surface area contributed by atoms with Crippen LogP contribution in [-0.2, 0) is 6.54 Å². The van der Waals surface area contributed by atoms with Gasteiger partial charge in [0.05, 0.1) is 18.6 Å². The molecular formula is C33H47BrN2O3S. The molecule has 40 heavy (non-hydrogen) atoms. The number of hydrogen-bond donors (Lipinski definition) is 1. The topological polar surface area (TPSA) is 51.4 Å². The molecule has 0 atom stereocenters. The third kappa shape index (κ3) is 12.4. The molecule has 7 heteroatoms. The van der Waals surface area contributed by atoms with E-state index in [4.69, 9.17) is 9.47 Å². The number of unbranched alkanes of at least 4 members (excludes halogenated alkanes) is 11. The van der Waals surface area contributed by atoms with Crippen LogP contribution < -0.4 is 36.3 Å². The number of thiazole rings is 1. The number of aromatic nitrogens is 1. The second-order valence-corrected chi connectivity index (χ2v) is 11.5. The first-order chi connectivity index (χ1) is 19.1. The molecule has 0 saturated carbocycles. The van der Waals surface area contributed by atoms with Crippen LogP contribution in [0.2, 0.25) is 0 Å². The highest BCUT2D eigenvalue weighted by Crippen LogP contribution is 2.29. The normalized spacial score (nSPS) is 10.7. The van der Waals surface area contributed by atoms with Gasteiger partial charge in [-0.15, -0.1) is 0 Å². The zero-order chi connectivity index (χ0) is 27.7. The highest BCUT2D eigenvalue weighted by molar-refractivity contribution is 7.09. The molecule has 2 aromatic carbocycles. The lowest BCUT2D eigenvalue weighted by molar-refractivity contribution is -0.683. The van der Waals surface area contributed by atoms with E-state index < -0.39 is 0 Å². The Kier molecular flexibility index (Phi) is 16.6. The van der Waals surface area contributed by atoms with Crippen molar-refractivity contribution in [1.29, 1.82) is 0 Å². The first-order valence-corrected chi connectivity index (χ1v) is 15.6. The fourth-order valence-electron chi connectivity index (χ4n) is 4.69.